The number of aromatic nitrogens is 2. The van der Waals surface area contributed by atoms with Crippen LogP contribution in [-0.2, 0) is 0 Å². The second kappa shape index (κ2) is 8.95. The first-order chi connectivity index (χ1) is 20.9. The highest BCUT2D eigenvalue weighted by atomic mass is 15.0. The van der Waals surface area contributed by atoms with Crippen molar-refractivity contribution in [1.82, 2.24) is 9.13 Å². The Morgan fingerprint density at radius 1 is 0.333 bits per heavy atom. The van der Waals surface area contributed by atoms with Gasteiger partial charge in [-0.25, -0.2) is 0 Å². The zero-order chi connectivity index (χ0) is 27.6. The predicted octanol–water partition coefficient (Wildman–Crippen LogP) is 10.7. The molecule has 0 bridgehead atoms. The Labute approximate surface area is 243 Å². The molecule has 7 aromatic carbocycles. The van der Waals surface area contributed by atoms with Crippen LogP contribution in [0.1, 0.15) is 0 Å². The Hall–Kier alpha value is -5.60. The summed E-state index contributed by atoms with van der Waals surface area (Å²) in [5.74, 6) is 0. The van der Waals surface area contributed by atoms with Gasteiger partial charge in [0.2, 0.25) is 0 Å². The molecule has 2 nitrogen and oxygen atoms in total. The summed E-state index contributed by atoms with van der Waals surface area (Å²) in [5, 5.41) is 7.62. The lowest BCUT2D eigenvalue weighted by Gasteiger charge is -2.12. The first-order valence-electron chi connectivity index (χ1n) is 14.5. The summed E-state index contributed by atoms with van der Waals surface area (Å²) in [7, 11) is 0. The zero-order valence-electron chi connectivity index (χ0n) is 22.9. The van der Waals surface area contributed by atoms with Crippen LogP contribution >= 0.6 is 0 Å². The van der Waals surface area contributed by atoms with Crippen molar-refractivity contribution in [3.8, 4) is 22.5 Å². The van der Waals surface area contributed by atoms with Gasteiger partial charge >= 0.3 is 0 Å². The van der Waals surface area contributed by atoms with E-state index in [4.69, 9.17) is 0 Å². The molecule has 2 heterocycles. The highest BCUT2D eigenvalue weighted by Crippen LogP contribution is 2.42. The molecule has 2 heteroatoms. The molecule has 0 saturated heterocycles. The van der Waals surface area contributed by atoms with Crippen LogP contribution in [0.4, 0.5) is 0 Å². The minimum Gasteiger partial charge on any atom is -0.309 e. The number of hydrogen-bond acceptors (Lipinski definition) is 0. The third-order valence-electron chi connectivity index (χ3n) is 8.71. The first-order valence-corrected chi connectivity index (χ1v) is 14.5. The van der Waals surface area contributed by atoms with Gasteiger partial charge in [-0.1, -0.05) is 115 Å². The van der Waals surface area contributed by atoms with E-state index in [1.54, 1.807) is 0 Å². The van der Waals surface area contributed by atoms with Gasteiger partial charge in [-0.2, -0.15) is 0 Å². The van der Waals surface area contributed by atoms with E-state index in [0.29, 0.717) is 0 Å². The van der Waals surface area contributed by atoms with Crippen LogP contribution in [0, 0.1) is 0 Å². The van der Waals surface area contributed by atoms with Gasteiger partial charge in [-0.15, -0.1) is 0 Å². The zero-order valence-corrected chi connectivity index (χ0v) is 22.9. The van der Waals surface area contributed by atoms with Gasteiger partial charge in [-0.05, 0) is 64.4 Å². The van der Waals surface area contributed by atoms with E-state index in [0.717, 1.165) is 5.69 Å². The molecule has 0 fully saturated rings. The van der Waals surface area contributed by atoms with Gasteiger partial charge < -0.3 is 9.13 Å². The third-order valence-corrected chi connectivity index (χ3v) is 8.71. The Bertz CT molecular complexity index is 2440. The lowest BCUT2D eigenvalue weighted by atomic mass is 9.98. The number of fused-ring (bicyclic) bond motifs is 8. The van der Waals surface area contributed by atoms with E-state index in [1.165, 1.54) is 71.2 Å². The molecule has 0 unspecified atom stereocenters. The fourth-order valence-corrected chi connectivity index (χ4v) is 6.90. The van der Waals surface area contributed by atoms with Crippen molar-refractivity contribution in [3.63, 3.8) is 0 Å². The number of nitrogens with zero attached hydrogens (tertiary/aromatic N) is 2. The molecule has 42 heavy (non-hydrogen) atoms. The average molecular weight is 535 g/mol. The van der Waals surface area contributed by atoms with Crippen molar-refractivity contribution in [2.45, 2.75) is 0 Å². The molecule has 0 amide bonds. The lowest BCUT2D eigenvalue weighted by Crippen LogP contribution is -1.95. The summed E-state index contributed by atoms with van der Waals surface area (Å²) in [4.78, 5) is 0. The highest BCUT2D eigenvalue weighted by Gasteiger charge is 2.20. The smallest absolute Gasteiger partial charge is 0.0641 e. The number of benzene rings is 7. The van der Waals surface area contributed by atoms with Gasteiger partial charge in [0.25, 0.3) is 0 Å². The van der Waals surface area contributed by atoms with E-state index < -0.39 is 0 Å². The maximum Gasteiger partial charge on any atom is 0.0641 e. The molecule has 0 spiro atoms. The fourth-order valence-electron chi connectivity index (χ4n) is 6.90. The fraction of sp³-hybridized carbons (Fsp3) is 0. The molecule has 0 aliphatic rings. The van der Waals surface area contributed by atoms with Crippen molar-refractivity contribution in [2.75, 3.05) is 0 Å². The second-order valence-corrected chi connectivity index (χ2v) is 11.0. The van der Waals surface area contributed by atoms with E-state index in [9.17, 15) is 0 Å². The SMILES string of the molecule is c1ccc(-n2c3ccccc3c3c2ccc2c4ccccc4n(-c4ccc(-c5cccc6ccccc56)cc4)c23)cc1. The lowest BCUT2D eigenvalue weighted by molar-refractivity contribution is 1.17. The van der Waals surface area contributed by atoms with Crippen molar-refractivity contribution in [3.05, 3.63) is 158 Å². The Kier molecular flexibility index (Phi) is 4.93. The minimum atomic E-state index is 1.16. The molecular formula is C40H26N2. The third kappa shape index (κ3) is 3.27. The molecule has 0 radical (unpaired) electrons. The number of hydrogen-bond donors (Lipinski definition) is 0. The Balaban J connectivity index is 1.36. The molecule has 196 valence electrons. The van der Waals surface area contributed by atoms with Crippen molar-refractivity contribution in [1.29, 1.82) is 0 Å². The van der Waals surface area contributed by atoms with E-state index in [2.05, 4.69) is 167 Å². The van der Waals surface area contributed by atoms with Gasteiger partial charge in [0.15, 0.2) is 0 Å². The minimum absolute atomic E-state index is 1.16. The molecule has 0 N–H and O–H groups in total. The molecule has 0 saturated carbocycles. The van der Waals surface area contributed by atoms with Gasteiger partial charge in [0, 0.05) is 32.9 Å². The molecule has 0 aliphatic carbocycles. The first kappa shape index (κ1) is 23.1. The van der Waals surface area contributed by atoms with Crippen LogP contribution in [-0.4, -0.2) is 9.13 Å². The largest absolute Gasteiger partial charge is 0.309 e. The molecule has 9 rings (SSSR count). The quantitative estimate of drug-likeness (QED) is 0.213. The maximum atomic E-state index is 2.46. The number of rotatable bonds is 3. The Morgan fingerprint density at radius 2 is 0.952 bits per heavy atom. The van der Waals surface area contributed by atoms with Crippen LogP contribution in [0.15, 0.2) is 158 Å². The molecule has 0 aliphatic heterocycles. The molecule has 2 aromatic heterocycles. The van der Waals surface area contributed by atoms with Crippen LogP contribution in [0.3, 0.4) is 0 Å². The number of para-hydroxylation sites is 3. The predicted molar refractivity (Wildman–Crippen MR) is 178 cm³/mol. The monoisotopic (exact) mass is 534 g/mol. The van der Waals surface area contributed by atoms with Gasteiger partial charge in [-0.3, -0.25) is 0 Å². The second-order valence-electron chi connectivity index (χ2n) is 11.0. The average Bonchev–Trinajstić information content (AvgIpc) is 3.58. The van der Waals surface area contributed by atoms with Gasteiger partial charge in [0.05, 0.1) is 22.1 Å². The maximum absolute atomic E-state index is 2.46. The van der Waals surface area contributed by atoms with Crippen molar-refractivity contribution in [2.24, 2.45) is 0 Å². The summed E-state index contributed by atoms with van der Waals surface area (Å²) >= 11 is 0. The van der Waals surface area contributed by atoms with Crippen molar-refractivity contribution >= 4 is 54.4 Å². The van der Waals surface area contributed by atoms with Crippen LogP contribution < -0.4 is 0 Å². The van der Waals surface area contributed by atoms with E-state index in [1.807, 2.05) is 0 Å². The molecule has 9 aromatic rings. The molecular weight excluding hydrogens is 508 g/mol. The summed E-state index contributed by atoms with van der Waals surface area (Å²) in [5.41, 5.74) is 9.71. The summed E-state index contributed by atoms with van der Waals surface area (Å²) in [6.07, 6.45) is 0. The van der Waals surface area contributed by atoms with Crippen LogP contribution in [0.5, 0.6) is 0 Å². The van der Waals surface area contributed by atoms with Crippen molar-refractivity contribution < 1.29 is 0 Å². The normalized spacial score (nSPS) is 11.8. The standard InChI is InChI=1S/C40H26N2/c1-2-13-29(14-3-1)41-37-20-9-7-17-35(37)39-38(41)26-25-34-33-16-6-8-19-36(33)42(40(34)39)30-23-21-28(22-24-30)32-18-10-12-27-11-4-5-15-31(27)32/h1-26H. The van der Waals surface area contributed by atoms with Gasteiger partial charge in [0.1, 0.15) is 0 Å². The molecule has 0 atom stereocenters. The summed E-state index contributed by atoms with van der Waals surface area (Å²) in [6.45, 7) is 0. The summed E-state index contributed by atoms with van der Waals surface area (Å²) in [6, 6.07) is 57.1. The van der Waals surface area contributed by atoms with Crippen LogP contribution in [0.2, 0.25) is 0 Å². The van der Waals surface area contributed by atoms with E-state index >= 15 is 0 Å². The highest BCUT2D eigenvalue weighted by molar-refractivity contribution is 6.26. The van der Waals surface area contributed by atoms with Crippen LogP contribution in [0.25, 0.3) is 76.9 Å². The van der Waals surface area contributed by atoms with E-state index in [-0.39, 0.29) is 0 Å². The Morgan fingerprint density at radius 3 is 1.76 bits per heavy atom. The summed E-state index contributed by atoms with van der Waals surface area (Å²) < 4.78 is 4.86. The topological polar surface area (TPSA) is 9.86 Å².